The molecule has 0 amide bonds. The SMILES string of the molecule is CCC(CCl)(CCl)Nc1nc(C(F)(F)F)ns1. The Morgan fingerprint density at radius 1 is 1.29 bits per heavy atom. The van der Waals surface area contributed by atoms with Gasteiger partial charge in [0.2, 0.25) is 11.0 Å². The fourth-order valence-corrected chi connectivity index (χ4v) is 2.50. The molecule has 0 unspecified atom stereocenters. The van der Waals surface area contributed by atoms with Crippen molar-refractivity contribution in [1.82, 2.24) is 9.36 Å². The third-order valence-corrected chi connectivity index (χ3v) is 3.89. The summed E-state index contributed by atoms with van der Waals surface area (Å²) in [6.07, 6.45) is -3.96. The molecule has 17 heavy (non-hydrogen) atoms. The van der Waals surface area contributed by atoms with Crippen molar-refractivity contribution in [3.8, 4) is 0 Å². The first-order chi connectivity index (χ1) is 7.87. The number of halogens is 5. The lowest BCUT2D eigenvalue weighted by Gasteiger charge is -2.28. The Hall–Kier alpha value is -0.270. The first-order valence-corrected chi connectivity index (χ1v) is 6.52. The Morgan fingerprint density at radius 2 is 1.88 bits per heavy atom. The van der Waals surface area contributed by atoms with Crippen LogP contribution in [0.1, 0.15) is 19.2 Å². The van der Waals surface area contributed by atoms with Crippen molar-refractivity contribution < 1.29 is 13.2 Å². The molecule has 0 atom stereocenters. The van der Waals surface area contributed by atoms with E-state index in [4.69, 9.17) is 23.2 Å². The summed E-state index contributed by atoms with van der Waals surface area (Å²) in [6, 6.07) is 0. The van der Waals surface area contributed by atoms with Crippen molar-refractivity contribution in [2.24, 2.45) is 0 Å². The van der Waals surface area contributed by atoms with Crippen molar-refractivity contribution >= 4 is 39.9 Å². The number of nitrogens with one attached hydrogen (secondary N) is 1. The first kappa shape index (κ1) is 14.8. The molecule has 98 valence electrons. The standard InChI is InChI=1S/C8H10Cl2F3N3S/c1-2-7(3-9,4-10)15-6-14-5(16-17-6)8(11,12)13/h2-4H2,1H3,(H,14,15,16). The van der Waals surface area contributed by atoms with E-state index in [9.17, 15) is 13.2 Å². The average molecular weight is 308 g/mol. The molecule has 1 rings (SSSR count). The predicted molar refractivity (Wildman–Crippen MR) is 63.0 cm³/mol. The van der Waals surface area contributed by atoms with Crippen molar-refractivity contribution in [3.63, 3.8) is 0 Å². The maximum Gasteiger partial charge on any atom is 0.452 e. The Bertz CT molecular complexity index is 357. The number of hydrogen-bond acceptors (Lipinski definition) is 4. The molecule has 0 radical (unpaired) electrons. The maximum atomic E-state index is 12.3. The lowest BCUT2D eigenvalue weighted by Crippen LogP contribution is -2.41. The lowest BCUT2D eigenvalue weighted by atomic mass is 10.0. The third-order valence-electron chi connectivity index (χ3n) is 2.24. The van der Waals surface area contributed by atoms with Gasteiger partial charge >= 0.3 is 6.18 Å². The first-order valence-electron chi connectivity index (χ1n) is 4.68. The number of aromatic nitrogens is 2. The molecule has 0 aromatic carbocycles. The summed E-state index contributed by atoms with van der Waals surface area (Å²) in [4.78, 5) is 3.36. The highest BCUT2D eigenvalue weighted by molar-refractivity contribution is 7.09. The monoisotopic (exact) mass is 307 g/mol. The van der Waals surface area contributed by atoms with Crippen molar-refractivity contribution in [3.05, 3.63) is 5.82 Å². The van der Waals surface area contributed by atoms with Crippen molar-refractivity contribution in [2.75, 3.05) is 17.1 Å². The van der Waals surface area contributed by atoms with Crippen LogP contribution in [0.25, 0.3) is 0 Å². The van der Waals surface area contributed by atoms with E-state index < -0.39 is 17.5 Å². The number of anilines is 1. The lowest BCUT2D eigenvalue weighted by molar-refractivity contribution is -0.144. The number of alkyl halides is 5. The number of hydrogen-bond donors (Lipinski definition) is 1. The second-order valence-corrected chi connectivity index (χ2v) is 4.73. The molecular formula is C8H10Cl2F3N3S. The van der Waals surface area contributed by atoms with Crippen LogP contribution in [0, 0.1) is 0 Å². The van der Waals surface area contributed by atoms with Crippen LogP contribution in [-0.2, 0) is 6.18 Å². The topological polar surface area (TPSA) is 37.8 Å². The van der Waals surface area contributed by atoms with E-state index >= 15 is 0 Å². The summed E-state index contributed by atoms with van der Waals surface area (Å²) in [5, 5.41) is 2.88. The van der Waals surface area contributed by atoms with Gasteiger partial charge in [-0.3, -0.25) is 0 Å². The predicted octanol–water partition coefficient (Wildman–Crippen LogP) is 3.60. The van der Waals surface area contributed by atoms with E-state index in [1.54, 1.807) is 0 Å². The second kappa shape index (κ2) is 5.58. The molecule has 1 heterocycles. The molecule has 0 aliphatic heterocycles. The number of nitrogens with zero attached hydrogens (tertiary/aromatic N) is 2. The zero-order valence-electron chi connectivity index (χ0n) is 8.81. The van der Waals surface area contributed by atoms with Gasteiger partial charge in [-0.1, -0.05) is 6.92 Å². The fourth-order valence-electron chi connectivity index (χ4n) is 0.996. The largest absolute Gasteiger partial charge is 0.452 e. The van der Waals surface area contributed by atoms with Gasteiger partial charge in [-0.2, -0.15) is 22.5 Å². The van der Waals surface area contributed by atoms with Crippen LogP contribution in [0.2, 0.25) is 0 Å². The zero-order valence-corrected chi connectivity index (χ0v) is 11.1. The highest BCUT2D eigenvalue weighted by Crippen LogP contribution is 2.30. The third kappa shape index (κ3) is 3.59. The van der Waals surface area contributed by atoms with Crippen LogP contribution < -0.4 is 5.32 Å². The summed E-state index contributed by atoms with van der Waals surface area (Å²) in [5.74, 6) is -0.804. The van der Waals surface area contributed by atoms with Gasteiger partial charge in [0.1, 0.15) is 0 Å². The minimum Gasteiger partial charge on any atom is -0.352 e. The molecule has 3 nitrogen and oxygen atoms in total. The van der Waals surface area contributed by atoms with E-state index in [1.807, 2.05) is 6.92 Å². The van der Waals surface area contributed by atoms with Gasteiger partial charge in [-0.05, 0) is 6.42 Å². The minimum absolute atomic E-state index is 0.0699. The fraction of sp³-hybridized carbons (Fsp3) is 0.750. The van der Waals surface area contributed by atoms with Gasteiger partial charge in [0.25, 0.3) is 0 Å². The molecule has 0 saturated heterocycles. The molecule has 0 bridgehead atoms. The molecule has 1 N–H and O–H groups in total. The quantitative estimate of drug-likeness (QED) is 0.845. The summed E-state index contributed by atoms with van der Waals surface area (Å²) >= 11 is 12.2. The molecule has 0 fully saturated rings. The van der Waals surface area contributed by atoms with Crippen molar-refractivity contribution in [1.29, 1.82) is 0 Å². The summed E-state index contributed by atoms with van der Waals surface area (Å²) in [5.41, 5.74) is -0.661. The Balaban J connectivity index is 2.85. The smallest absolute Gasteiger partial charge is 0.352 e. The summed E-state index contributed by atoms with van der Waals surface area (Å²) in [6.45, 7) is 1.84. The highest BCUT2D eigenvalue weighted by Gasteiger charge is 2.37. The zero-order chi connectivity index (χ0) is 13.1. The van der Waals surface area contributed by atoms with E-state index in [1.165, 1.54) is 0 Å². The van der Waals surface area contributed by atoms with Crippen LogP contribution >= 0.6 is 34.7 Å². The molecular weight excluding hydrogens is 298 g/mol. The highest BCUT2D eigenvalue weighted by atomic mass is 35.5. The molecule has 1 aromatic rings. The van der Waals surface area contributed by atoms with Crippen LogP contribution in [0.15, 0.2) is 0 Å². The molecule has 0 spiro atoms. The van der Waals surface area contributed by atoms with Crippen LogP contribution in [0.4, 0.5) is 18.3 Å². The van der Waals surface area contributed by atoms with Crippen LogP contribution in [-0.4, -0.2) is 26.7 Å². The second-order valence-electron chi connectivity index (χ2n) is 3.45. The Kier molecular flexibility index (Phi) is 4.86. The normalized spacial score (nSPS) is 12.8. The average Bonchev–Trinajstić information content (AvgIpc) is 2.74. The molecule has 0 aliphatic carbocycles. The van der Waals surface area contributed by atoms with Gasteiger partial charge < -0.3 is 5.32 Å². The summed E-state index contributed by atoms with van der Waals surface area (Å²) in [7, 11) is 0. The number of rotatable bonds is 5. The van der Waals surface area contributed by atoms with Gasteiger partial charge in [0.05, 0.1) is 5.54 Å². The van der Waals surface area contributed by atoms with E-state index in [0.717, 1.165) is 0 Å². The maximum absolute atomic E-state index is 12.3. The molecule has 9 heteroatoms. The Morgan fingerprint density at radius 3 is 2.24 bits per heavy atom. The molecule has 0 aliphatic rings. The van der Waals surface area contributed by atoms with Gasteiger partial charge in [-0.25, -0.2) is 0 Å². The van der Waals surface area contributed by atoms with Crippen LogP contribution in [0.3, 0.4) is 0 Å². The van der Waals surface area contributed by atoms with Gasteiger partial charge in [0, 0.05) is 23.3 Å². The van der Waals surface area contributed by atoms with Crippen LogP contribution in [0.5, 0.6) is 0 Å². The van der Waals surface area contributed by atoms with Crippen molar-refractivity contribution in [2.45, 2.75) is 25.1 Å². The Labute approximate surface area is 110 Å². The molecule has 0 saturated carbocycles. The summed E-state index contributed by atoms with van der Waals surface area (Å²) < 4.78 is 40.1. The minimum atomic E-state index is -4.53. The molecule has 1 aromatic heterocycles. The van der Waals surface area contributed by atoms with Gasteiger partial charge in [0.15, 0.2) is 0 Å². The van der Waals surface area contributed by atoms with Gasteiger partial charge in [-0.15, -0.1) is 23.2 Å². The van der Waals surface area contributed by atoms with E-state index in [0.29, 0.717) is 18.0 Å². The van der Waals surface area contributed by atoms with E-state index in [-0.39, 0.29) is 16.9 Å². The van der Waals surface area contributed by atoms with E-state index in [2.05, 4.69) is 14.7 Å².